The van der Waals surface area contributed by atoms with Gasteiger partial charge in [0.2, 0.25) is 5.78 Å². The quantitative estimate of drug-likeness (QED) is 0.627. The summed E-state index contributed by atoms with van der Waals surface area (Å²) in [6.07, 6.45) is 0. The first kappa shape index (κ1) is 14.3. The molecule has 0 unspecified atom stereocenters. The number of Topliss-reactive ketones (excluding diaryl/α,β-unsaturated/α-hetero) is 1. The molecule has 0 aliphatic heterocycles. The number of aryl methyl sites for hydroxylation is 1. The van der Waals surface area contributed by atoms with Gasteiger partial charge in [0, 0.05) is 4.88 Å². The summed E-state index contributed by atoms with van der Waals surface area (Å²) in [7, 11) is 1.49. The highest BCUT2D eigenvalue weighted by molar-refractivity contribution is 7.13. The van der Waals surface area contributed by atoms with E-state index in [1.54, 1.807) is 30.3 Å². The molecule has 104 valence electrons. The number of thiophene rings is 1. The van der Waals surface area contributed by atoms with E-state index in [0.717, 1.165) is 4.88 Å². The van der Waals surface area contributed by atoms with Crippen LogP contribution in [0.3, 0.4) is 0 Å². The predicted molar refractivity (Wildman–Crippen MR) is 76.7 cm³/mol. The first-order valence-corrected chi connectivity index (χ1v) is 6.83. The lowest BCUT2D eigenvalue weighted by Crippen LogP contribution is -2.14. The summed E-state index contributed by atoms with van der Waals surface area (Å²) in [5.41, 5.74) is 0.408. The fourth-order valence-corrected chi connectivity index (χ4v) is 2.46. The fourth-order valence-electron chi connectivity index (χ4n) is 1.70. The molecule has 1 aromatic heterocycles. The molecule has 1 heterocycles. The van der Waals surface area contributed by atoms with Crippen LogP contribution in [0, 0.1) is 6.92 Å². The molecule has 2 aromatic rings. The molecule has 0 radical (unpaired) electrons. The summed E-state index contributed by atoms with van der Waals surface area (Å²) >= 11 is 1.34. The first-order chi connectivity index (χ1) is 9.61. The van der Waals surface area contributed by atoms with Gasteiger partial charge in [-0.05, 0) is 31.2 Å². The highest BCUT2D eigenvalue weighted by atomic mass is 32.1. The number of ether oxygens (including phenoxy) is 2. The van der Waals surface area contributed by atoms with Crippen LogP contribution < -0.4 is 4.74 Å². The van der Waals surface area contributed by atoms with Crippen LogP contribution in [-0.2, 0) is 4.74 Å². The van der Waals surface area contributed by atoms with Crippen molar-refractivity contribution < 1.29 is 19.1 Å². The van der Waals surface area contributed by atoms with Crippen molar-refractivity contribution >= 4 is 23.1 Å². The van der Waals surface area contributed by atoms with Gasteiger partial charge in [0.1, 0.15) is 10.6 Å². The molecule has 4 nitrogen and oxygen atoms in total. The molecule has 0 amide bonds. The highest BCUT2D eigenvalue weighted by Crippen LogP contribution is 2.19. The van der Waals surface area contributed by atoms with Crippen LogP contribution >= 0.6 is 11.3 Å². The molecule has 0 saturated carbocycles. The Bertz CT molecular complexity index is 630. The summed E-state index contributed by atoms with van der Waals surface area (Å²) < 4.78 is 10.1. The van der Waals surface area contributed by atoms with Gasteiger partial charge in [-0.15, -0.1) is 11.3 Å². The van der Waals surface area contributed by atoms with Crippen LogP contribution in [0.15, 0.2) is 36.4 Å². The van der Waals surface area contributed by atoms with Crippen molar-refractivity contribution in [3.8, 4) is 5.75 Å². The van der Waals surface area contributed by atoms with Crippen LogP contribution in [0.5, 0.6) is 5.75 Å². The van der Waals surface area contributed by atoms with Gasteiger partial charge in [0.25, 0.3) is 0 Å². The van der Waals surface area contributed by atoms with E-state index in [2.05, 4.69) is 0 Å². The van der Waals surface area contributed by atoms with E-state index in [4.69, 9.17) is 9.47 Å². The minimum absolute atomic E-state index is 0.288. The molecule has 1 aromatic carbocycles. The van der Waals surface area contributed by atoms with Gasteiger partial charge in [-0.25, -0.2) is 4.79 Å². The van der Waals surface area contributed by atoms with Crippen molar-refractivity contribution in [1.82, 2.24) is 0 Å². The Hall–Kier alpha value is -2.14. The van der Waals surface area contributed by atoms with Gasteiger partial charge in [0.15, 0.2) is 6.61 Å². The zero-order chi connectivity index (χ0) is 14.5. The Labute approximate surface area is 121 Å². The summed E-state index contributed by atoms with van der Waals surface area (Å²) in [6.45, 7) is 1.61. The molecule has 0 fully saturated rings. The molecule has 0 atom stereocenters. The van der Waals surface area contributed by atoms with Crippen LogP contribution in [0.25, 0.3) is 0 Å². The summed E-state index contributed by atoms with van der Waals surface area (Å²) in [5, 5.41) is 0. The van der Waals surface area contributed by atoms with Crippen molar-refractivity contribution in [2.24, 2.45) is 0 Å². The molecule has 5 heteroatoms. The van der Waals surface area contributed by atoms with E-state index in [9.17, 15) is 9.59 Å². The third-order valence-corrected chi connectivity index (χ3v) is 3.66. The molecule has 0 aliphatic carbocycles. The summed E-state index contributed by atoms with van der Waals surface area (Å²) in [4.78, 5) is 25.3. The normalized spacial score (nSPS) is 10.1. The van der Waals surface area contributed by atoms with E-state index >= 15 is 0 Å². The molecule has 0 bridgehead atoms. The summed E-state index contributed by atoms with van der Waals surface area (Å²) in [6, 6.07) is 10.4. The zero-order valence-electron chi connectivity index (χ0n) is 11.2. The van der Waals surface area contributed by atoms with Crippen molar-refractivity contribution in [2.75, 3.05) is 13.7 Å². The average molecular weight is 290 g/mol. The number of esters is 1. The molecule has 0 spiro atoms. The number of para-hydroxylation sites is 1. The topological polar surface area (TPSA) is 52.6 Å². The zero-order valence-corrected chi connectivity index (χ0v) is 12.0. The van der Waals surface area contributed by atoms with Gasteiger partial charge >= 0.3 is 5.97 Å². The molecule has 0 saturated heterocycles. The highest BCUT2D eigenvalue weighted by Gasteiger charge is 2.15. The van der Waals surface area contributed by atoms with E-state index in [-0.39, 0.29) is 12.4 Å². The molecular formula is C15H14O4S. The minimum atomic E-state index is -0.480. The smallest absolute Gasteiger partial charge is 0.348 e. The Kier molecular flexibility index (Phi) is 4.53. The predicted octanol–water partition coefficient (Wildman–Crippen LogP) is 3.10. The molecule has 2 rings (SSSR count). The number of hydrogen-bond acceptors (Lipinski definition) is 5. The lowest BCUT2D eigenvalue weighted by atomic mass is 10.1. The van der Waals surface area contributed by atoms with E-state index in [1.165, 1.54) is 18.4 Å². The van der Waals surface area contributed by atoms with Gasteiger partial charge in [-0.1, -0.05) is 12.1 Å². The van der Waals surface area contributed by atoms with Gasteiger partial charge < -0.3 is 9.47 Å². The van der Waals surface area contributed by atoms with Crippen LogP contribution in [0.4, 0.5) is 0 Å². The number of benzene rings is 1. The maximum absolute atomic E-state index is 12.0. The van der Waals surface area contributed by atoms with Gasteiger partial charge in [-0.2, -0.15) is 0 Å². The number of carbonyl (C=O) groups is 2. The first-order valence-electron chi connectivity index (χ1n) is 6.01. The Morgan fingerprint density at radius 1 is 1.15 bits per heavy atom. The van der Waals surface area contributed by atoms with Crippen LogP contribution in [-0.4, -0.2) is 25.5 Å². The van der Waals surface area contributed by atoms with Crippen molar-refractivity contribution in [3.63, 3.8) is 0 Å². The second-order valence-corrected chi connectivity index (χ2v) is 5.40. The number of rotatable bonds is 5. The summed E-state index contributed by atoms with van der Waals surface area (Å²) in [5.74, 6) is -0.295. The fraction of sp³-hybridized carbons (Fsp3) is 0.200. The third kappa shape index (κ3) is 3.24. The largest absolute Gasteiger partial charge is 0.496 e. The van der Waals surface area contributed by atoms with Crippen molar-refractivity contribution in [2.45, 2.75) is 6.92 Å². The number of ketones is 1. The standard InChI is InChI=1S/C15H14O4S/c1-10-7-8-14(20-10)15(17)19-9-12(16)11-5-3-4-6-13(11)18-2/h3-8H,9H2,1-2H3. The average Bonchev–Trinajstić information content (AvgIpc) is 2.91. The number of methoxy groups -OCH3 is 1. The molecular weight excluding hydrogens is 276 g/mol. The van der Waals surface area contributed by atoms with Crippen LogP contribution in [0.1, 0.15) is 24.9 Å². The maximum Gasteiger partial charge on any atom is 0.348 e. The van der Waals surface area contributed by atoms with Gasteiger partial charge in [-0.3, -0.25) is 4.79 Å². The van der Waals surface area contributed by atoms with E-state index in [1.807, 2.05) is 13.0 Å². The van der Waals surface area contributed by atoms with Crippen LogP contribution in [0.2, 0.25) is 0 Å². The van der Waals surface area contributed by atoms with E-state index in [0.29, 0.717) is 16.2 Å². The second kappa shape index (κ2) is 6.34. The SMILES string of the molecule is COc1ccccc1C(=O)COC(=O)c1ccc(C)s1. The third-order valence-electron chi connectivity index (χ3n) is 2.68. The van der Waals surface area contributed by atoms with E-state index < -0.39 is 5.97 Å². The Morgan fingerprint density at radius 2 is 1.90 bits per heavy atom. The maximum atomic E-state index is 12.0. The molecule has 0 N–H and O–H groups in total. The lowest BCUT2D eigenvalue weighted by Gasteiger charge is -2.07. The number of hydrogen-bond donors (Lipinski definition) is 0. The Balaban J connectivity index is 2.00. The lowest BCUT2D eigenvalue weighted by molar-refractivity contribution is 0.0479. The second-order valence-electron chi connectivity index (χ2n) is 4.11. The monoisotopic (exact) mass is 290 g/mol. The molecule has 0 aliphatic rings. The Morgan fingerprint density at radius 3 is 2.55 bits per heavy atom. The van der Waals surface area contributed by atoms with Crippen molar-refractivity contribution in [3.05, 3.63) is 51.7 Å². The van der Waals surface area contributed by atoms with Crippen molar-refractivity contribution in [1.29, 1.82) is 0 Å². The molecule has 20 heavy (non-hydrogen) atoms. The number of carbonyl (C=O) groups excluding carboxylic acids is 2. The minimum Gasteiger partial charge on any atom is -0.496 e. The van der Waals surface area contributed by atoms with Gasteiger partial charge in [0.05, 0.1) is 12.7 Å².